The molecule has 2 aromatic rings. The first-order chi connectivity index (χ1) is 13.8. The van der Waals surface area contributed by atoms with Crippen molar-refractivity contribution in [3.8, 4) is 0 Å². The zero-order valence-corrected chi connectivity index (χ0v) is 16.9. The third-order valence-corrected chi connectivity index (χ3v) is 5.85. The molecule has 0 bridgehead atoms. The summed E-state index contributed by atoms with van der Waals surface area (Å²) >= 11 is 6.62. The molecule has 29 heavy (non-hydrogen) atoms. The molecular formula is C21H15ClN2O4S. The molecule has 0 N–H and O–H groups in total. The summed E-state index contributed by atoms with van der Waals surface area (Å²) in [5, 5.41) is -0.00589. The molecule has 2 heterocycles. The Bertz CT molecular complexity index is 1060. The van der Waals surface area contributed by atoms with E-state index in [2.05, 4.69) is 0 Å². The van der Waals surface area contributed by atoms with Crippen LogP contribution in [-0.4, -0.2) is 33.9 Å². The van der Waals surface area contributed by atoms with Gasteiger partial charge in [0.05, 0.1) is 17.0 Å². The number of benzene rings is 2. The second kappa shape index (κ2) is 7.50. The number of hydrogen-bond acceptors (Lipinski definition) is 5. The normalized spacial score (nSPS) is 21.0. The smallest absolute Gasteiger partial charge is 0.274 e. The number of hydrogen-bond donors (Lipinski definition) is 0. The van der Waals surface area contributed by atoms with Gasteiger partial charge < -0.3 is 0 Å². The molecule has 0 aliphatic carbocycles. The average molecular weight is 427 g/mol. The molecule has 0 spiro atoms. The van der Waals surface area contributed by atoms with Crippen LogP contribution >= 0.6 is 23.4 Å². The SMILES string of the molecule is Cc1ccc(N2C(=O)CC(N3C(=O)SC(=Cc4ccc(Cl)cc4)C3=O)C2=O)cc1. The summed E-state index contributed by atoms with van der Waals surface area (Å²) in [5.41, 5.74) is 2.12. The number of nitrogens with zero attached hydrogens (tertiary/aromatic N) is 2. The number of thioether (sulfide) groups is 1. The molecule has 8 heteroatoms. The van der Waals surface area contributed by atoms with Crippen molar-refractivity contribution in [3.63, 3.8) is 0 Å². The number of carbonyl (C=O) groups excluding carboxylic acids is 4. The van der Waals surface area contributed by atoms with Crippen LogP contribution in [0.3, 0.4) is 0 Å². The van der Waals surface area contributed by atoms with Crippen LogP contribution < -0.4 is 4.90 Å². The molecule has 1 unspecified atom stereocenters. The first kappa shape index (κ1) is 19.4. The summed E-state index contributed by atoms with van der Waals surface area (Å²) in [7, 11) is 0. The Hall–Kier alpha value is -2.90. The number of anilines is 1. The van der Waals surface area contributed by atoms with Gasteiger partial charge >= 0.3 is 0 Å². The van der Waals surface area contributed by atoms with Gasteiger partial charge in [-0.05, 0) is 54.6 Å². The van der Waals surface area contributed by atoms with Crippen LogP contribution in [0.25, 0.3) is 6.08 Å². The minimum Gasteiger partial charge on any atom is -0.274 e. The number of imide groups is 2. The maximum absolute atomic E-state index is 12.9. The number of amides is 4. The van der Waals surface area contributed by atoms with Crippen molar-refractivity contribution >= 4 is 58.1 Å². The summed E-state index contributed by atoms with van der Waals surface area (Å²) in [6, 6.07) is 12.6. The minimum absolute atomic E-state index is 0.200. The second-order valence-electron chi connectivity index (χ2n) is 6.73. The summed E-state index contributed by atoms with van der Waals surface area (Å²) < 4.78 is 0. The zero-order valence-electron chi connectivity index (χ0n) is 15.3. The van der Waals surface area contributed by atoms with Gasteiger partial charge in [-0.15, -0.1) is 0 Å². The Morgan fingerprint density at radius 2 is 1.66 bits per heavy atom. The molecule has 2 saturated heterocycles. The van der Waals surface area contributed by atoms with Gasteiger partial charge in [-0.3, -0.25) is 24.1 Å². The fourth-order valence-electron chi connectivity index (χ4n) is 3.24. The Morgan fingerprint density at radius 3 is 2.31 bits per heavy atom. The number of halogens is 1. The summed E-state index contributed by atoms with van der Waals surface area (Å²) in [4.78, 5) is 52.8. The standard InChI is InChI=1S/C21H15ClN2O4S/c1-12-2-8-15(9-3-12)23-18(25)11-16(19(23)26)24-20(27)17(29-21(24)28)10-13-4-6-14(22)7-5-13/h2-10,16H,11H2,1H3. The van der Waals surface area contributed by atoms with E-state index in [0.717, 1.165) is 27.1 Å². The monoisotopic (exact) mass is 426 g/mol. The molecule has 6 nitrogen and oxygen atoms in total. The lowest BCUT2D eigenvalue weighted by atomic mass is 10.2. The van der Waals surface area contributed by atoms with Gasteiger partial charge in [0, 0.05) is 5.02 Å². The highest BCUT2D eigenvalue weighted by Crippen LogP contribution is 2.37. The van der Waals surface area contributed by atoms with Gasteiger partial charge in [0.25, 0.3) is 17.1 Å². The Balaban J connectivity index is 1.59. The van der Waals surface area contributed by atoms with Crippen molar-refractivity contribution in [2.45, 2.75) is 19.4 Å². The molecule has 0 saturated carbocycles. The van der Waals surface area contributed by atoms with E-state index < -0.39 is 29.0 Å². The molecule has 2 fully saturated rings. The van der Waals surface area contributed by atoms with E-state index in [1.54, 1.807) is 54.6 Å². The Kier molecular flexibility index (Phi) is 5.02. The van der Waals surface area contributed by atoms with Gasteiger partial charge in [0.2, 0.25) is 5.91 Å². The fraction of sp³-hybridized carbons (Fsp3) is 0.143. The summed E-state index contributed by atoms with van der Waals surface area (Å²) in [6.07, 6.45) is 1.35. The maximum Gasteiger partial charge on any atom is 0.294 e. The number of aryl methyl sites for hydroxylation is 1. The van der Waals surface area contributed by atoms with Crippen molar-refractivity contribution < 1.29 is 19.2 Å². The molecule has 146 valence electrons. The second-order valence-corrected chi connectivity index (χ2v) is 8.16. The van der Waals surface area contributed by atoms with Crippen molar-refractivity contribution in [2.24, 2.45) is 0 Å². The highest BCUT2D eigenvalue weighted by Gasteiger charge is 2.50. The van der Waals surface area contributed by atoms with Crippen LogP contribution in [0.4, 0.5) is 10.5 Å². The molecule has 2 aliphatic heterocycles. The lowest BCUT2D eigenvalue weighted by Gasteiger charge is -2.20. The molecule has 1 atom stereocenters. The van der Waals surface area contributed by atoms with Crippen molar-refractivity contribution in [1.82, 2.24) is 4.90 Å². The Morgan fingerprint density at radius 1 is 1.00 bits per heavy atom. The largest absolute Gasteiger partial charge is 0.294 e. The molecule has 4 rings (SSSR count). The summed E-state index contributed by atoms with van der Waals surface area (Å²) in [6.45, 7) is 1.90. The van der Waals surface area contributed by atoms with Crippen molar-refractivity contribution in [3.05, 3.63) is 69.6 Å². The molecule has 0 radical (unpaired) electrons. The van der Waals surface area contributed by atoms with Crippen LogP contribution in [0, 0.1) is 6.92 Å². The quantitative estimate of drug-likeness (QED) is 0.547. The number of rotatable bonds is 3. The molecule has 0 aromatic heterocycles. The predicted octanol–water partition coefficient (Wildman–Crippen LogP) is 4.02. The van der Waals surface area contributed by atoms with E-state index in [0.29, 0.717) is 16.3 Å². The highest BCUT2D eigenvalue weighted by molar-refractivity contribution is 8.18. The lowest BCUT2D eigenvalue weighted by molar-refractivity contribution is -0.130. The maximum atomic E-state index is 12.9. The first-order valence-corrected chi connectivity index (χ1v) is 10.0. The van der Waals surface area contributed by atoms with Gasteiger partial charge in [-0.2, -0.15) is 0 Å². The van der Waals surface area contributed by atoms with Gasteiger partial charge in [0.1, 0.15) is 6.04 Å². The molecule has 2 aromatic carbocycles. The highest BCUT2D eigenvalue weighted by atomic mass is 35.5. The van der Waals surface area contributed by atoms with Gasteiger partial charge in [-0.1, -0.05) is 41.4 Å². The summed E-state index contributed by atoms with van der Waals surface area (Å²) in [5.74, 6) is -1.59. The topological polar surface area (TPSA) is 74.8 Å². The van der Waals surface area contributed by atoms with Crippen LogP contribution in [0.2, 0.25) is 5.02 Å². The van der Waals surface area contributed by atoms with Gasteiger partial charge in [0.15, 0.2) is 0 Å². The van der Waals surface area contributed by atoms with E-state index in [1.165, 1.54) is 0 Å². The first-order valence-electron chi connectivity index (χ1n) is 8.81. The van der Waals surface area contributed by atoms with E-state index in [9.17, 15) is 19.2 Å². The third-order valence-electron chi connectivity index (χ3n) is 4.72. The Labute approximate surface area is 176 Å². The molecular weight excluding hydrogens is 412 g/mol. The molecule has 4 amide bonds. The van der Waals surface area contributed by atoms with Crippen molar-refractivity contribution in [2.75, 3.05) is 4.90 Å². The fourth-order valence-corrected chi connectivity index (χ4v) is 4.24. The average Bonchev–Trinajstić information content (AvgIpc) is 3.12. The third kappa shape index (κ3) is 3.59. The lowest BCUT2D eigenvalue weighted by Crippen LogP contribution is -2.44. The van der Waals surface area contributed by atoms with E-state index >= 15 is 0 Å². The predicted molar refractivity (Wildman–Crippen MR) is 111 cm³/mol. The van der Waals surface area contributed by atoms with E-state index in [-0.39, 0.29) is 11.3 Å². The van der Waals surface area contributed by atoms with Gasteiger partial charge in [-0.25, -0.2) is 4.90 Å². The van der Waals surface area contributed by atoms with Crippen LogP contribution in [-0.2, 0) is 14.4 Å². The number of carbonyl (C=O) groups is 4. The molecule has 2 aliphatic rings. The van der Waals surface area contributed by atoms with Crippen LogP contribution in [0.15, 0.2) is 53.4 Å². The van der Waals surface area contributed by atoms with Crippen LogP contribution in [0.5, 0.6) is 0 Å². The zero-order chi connectivity index (χ0) is 20.7. The van der Waals surface area contributed by atoms with E-state index in [1.807, 2.05) is 6.92 Å². The minimum atomic E-state index is -1.13. The van der Waals surface area contributed by atoms with Crippen LogP contribution in [0.1, 0.15) is 17.5 Å². The van der Waals surface area contributed by atoms with E-state index in [4.69, 9.17) is 11.6 Å². The van der Waals surface area contributed by atoms with Crippen molar-refractivity contribution in [1.29, 1.82) is 0 Å².